The maximum atomic E-state index is 11.5. The Kier molecular flexibility index (Phi) is 6.28. The second-order valence-corrected chi connectivity index (χ2v) is 4.76. The van der Waals surface area contributed by atoms with E-state index in [-0.39, 0.29) is 0 Å². The highest BCUT2D eigenvalue weighted by Gasteiger charge is 2.17. The van der Waals surface area contributed by atoms with E-state index in [2.05, 4.69) is 5.32 Å². The van der Waals surface area contributed by atoms with Gasteiger partial charge < -0.3 is 16.8 Å². The molecule has 0 aromatic heterocycles. The molecule has 5 heteroatoms. The molecule has 0 heterocycles. The lowest BCUT2D eigenvalue weighted by Crippen LogP contribution is -2.17. The lowest BCUT2D eigenvalue weighted by Gasteiger charge is -2.13. The molecule has 0 saturated heterocycles. The molecule has 0 aliphatic heterocycles. The molecule has 0 spiro atoms. The van der Waals surface area contributed by atoms with Crippen LogP contribution >= 0.6 is 0 Å². The summed E-state index contributed by atoms with van der Waals surface area (Å²) in [4.78, 5) is 22.9. The molecule has 5 N–H and O–H groups in total. The van der Waals surface area contributed by atoms with Gasteiger partial charge in [-0.3, -0.25) is 9.59 Å². The van der Waals surface area contributed by atoms with Crippen molar-refractivity contribution in [2.24, 2.45) is 11.5 Å². The summed E-state index contributed by atoms with van der Waals surface area (Å²) in [5.74, 6) is -1.05. The summed E-state index contributed by atoms with van der Waals surface area (Å²) in [6.45, 7) is 1.76. The molecule has 0 aliphatic carbocycles. The monoisotopic (exact) mass is 299 g/mol. The van der Waals surface area contributed by atoms with Crippen LogP contribution in [0.25, 0.3) is 11.1 Å². The number of hydrogen-bond acceptors (Lipinski definition) is 3. The summed E-state index contributed by atoms with van der Waals surface area (Å²) in [6, 6.07) is 12.4. The molecule has 5 nitrogen and oxygen atoms in total. The van der Waals surface area contributed by atoms with Crippen molar-refractivity contribution >= 4 is 11.8 Å². The summed E-state index contributed by atoms with van der Waals surface area (Å²) in [5, 5.41) is 2.75. The first-order chi connectivity index (χ1) is 10.4. The van der Waals surface area contributed by atoms with Crippen molar-refractivity contribution in [3.63, 3.8) is 0 Å². The minimum Gasteiger partial charge on any atom is -0.366 e. The van der Waals surface area contributed by atoms with Gasteiger partial charge in [0.1, 0.15) is 0 Å². The average molecular weight is 299 g/mol. The van der Waals surface area contributed by atoms with Gasteiger partial charge in [0.05, 0.1) is 0 Å². The molecule has 0 unspecified atom stereocenters. The number of nitrogens with two attached hydrogens (primary N) is 2. The van der Waals surface area contributed by atoms with E-state index in [9.17, 15) is 9.59 Å². The maximum absolute atomic E-state index is 11.5. The molecule has 0 radical (unpaired) electrons. The van der Waals surface area contributed by atoms with E-state index in [0.717, 1.165) is 5.56 Å². The van der Waals surface area contributed by atoms with E-state index in [1.165, 1.54) is 12.1 Å². The van der Waals surface area contributed by atoms with E-state index in [1.807, 2.05) is 44.4 Å². The zero-order chi connectivity index (χ0) is 16.7. The minimum atomic E-state index is -0.530. The van der Waals surface area contributed by atoms with E-state index < -0.39 is 11.8 Å². The molecule has 0 aliphatic rings. The molecule has 2 aromatic carbocycles. The largest absolute Gasteiger partial charge is 0.366 e. The quantitative estimate of drug-likeness (QED) is 0.804. The first-order valence-electron chi connectivity index (χ1n) is 6.81. The van der Waals surface area contributed by atoms with Crippen LogP contribution in [0.5, 0.6) is 0 Å². The number of carbonyl (C=O) groups is 2. The summed E-state index contributed by atoms with van der Waals surface area (Å²) >= 11 is 0. The number of amides is 2. The van der Waals surface area contributed by atoms with Gasteiger partial charge in [-0.2, -0.15) is 0 Å². The zero-order valence-electron chi connectivity index (χ0n) is 13.0. The predicted molar refractivity (Wildman–Crippen MR) is 88.6 cm³/mol. The van der Waals surface area contributed by atoms with Crippen molar-refractivity contribution in [2.45, 2.75) is 6.92 Å². The third-order valence-corrected chi connectivity index (χ3v) is 3.06. The molecule has 0 fully saturated rings. The Morgan fingerprint density at radius 2 is 1.32 bits per heavy atom. The van der Waals surface area contributed by atoms with Crippen LogP contribution in [0.3, 0.4) is 0 Å². The van der Waals surface area contributed by atoms with E-state index in [1.54, 1.807) is 6.92 Å². The fraction of sp³-hybridized carbons (Fsp3) is 0.176. The van der Waals surface area contributed by atoms with Gasteiger partial charge in [-0.1, -0.05) is 30.3 Å². The molecule has 0 atom stereocenters. The van der Waals surface area contributed by atoms with E-state index in [4.69, 9.17) is 11.5 Å². The van der Waals surface area contributed by atoms with E-state index in [0.29, 0.717) is 22.3 Å². The Labute approximate surface area is 130 Å². The fourth-order valence-corrected chi connectivity index (χ4v) is 2.16. The molecule has 116 valence electrons. The number of carbonyl (C=O) groups excluding carboxylic acids is 2. The topological polar surface area (TPSA) is 98.2 Å². The number of hydrogen-bond donors (Lipinski definition) is 3. The first-order valence-corrected chi connectivity index (χ1v) is 6.81. The lowest BCUT2D eigenvalue weighted by molar-refractivity contribution is 0.0988. The predicted octanol–water partition coefficient (Wildman–Crippen LogP) is 1.70. The van der Waals surface area contributed by atoms with Crippen molar-refractivity contribution in [3.05, 3.63) is 59.2 Å². The van der Waals surface area contributed by atoms with Crippen molar-refractivity contribution in [1.29, 1.82) is 0 Å². The van der Waals surface area contributed by atoms with Crippen LogP contribution in [-0.2, 0) is 0 Å². The SMILES string of the molecule is CNC.Cc1c(C(N)=O)ccc(C(N)=O)c1-c1ccccc1. The molecular formula is C17H21N3O2. The van der Waals surface area contributed by atoms with Crippen molar-refractivity contribution < 1.29 is 9.59 Å². The summed E-state index contributed by atoms with van der Waals surface area (Å²) < 4.78 is 0. The van der Waals surface area contributed by atoms with Gasteiger partial charge in [0, 0.05) is 11.1 Å². The van der Waals surface area contributed by atoms with Crippen molar-refractivity contribution in [1.82, 2.24) is 5.32 Å². The Hall–Kier alpha value is -2.66. The van der Waals surface area contributed by atoms with Gasteiger partial charge in [0.25, 0.3) is 0 Å². The van der Waals surface area contributed by atoms with Crippen LogP contribution in [0.2, 0.25) is 0 Å². The highest BCUT2D eigenvalue weighted by molar-refractivity contribution is 6.04. The summed E-state index contributed by atoms with van der Waals surface area (Å²) in [5.41, 5.74) is 13.6. The maximum Gasteiger partial charge on any atom is 0.249 e. The lowest BCUT2D eigenvalue weighted by atomic mass is 9.91. The number of primary amides is 2. The first kappa shape index (κ1) is 17.4. The van der Waals surface area contributed by atoms with E-state index >= 15 is 0 Å². The van der Waals surface area contributed by atoms with Gasteiger partial charge in [0.2, 0.25) is 11.8 Å². The molecule has 2 amide bonds. The van der Waals surface area contributed by atoms with Crippen LogP contribution in [0.15, 0.2) is 42.5 Å². The van der Waals surface area contributed by atoms with Gasteiger partial charge in [-0.05, 0) is 49.8 Å². The second kappa shape index (κ2) is 7.95. The normalized spacial score (nSPS) is 9.59. The number of benzene rings is 2. The summed E-state index contributed by atoms with van der Waals surface area (Å²) in [6.07, 6.45) is 0. The standard InChI is InChI=1S/C15H14N2O2.C2H7N/c1-9-11(14(16)18)7-8-12(15(17)19)13(9)10-5-3-2-4-6-10;1-3-2/h2-8H,1H3,(H2,16,18)(H2,17,19);3H,1-2H3. The molecule has 0 saturated carbocycles. The van der Waals surface area contributed by atoms with Gasteiger partial charge in [-0.25, -0.2) is 0 Å². The van der Waals surface area contributed by atoms with Crippen LogP contribution in [0.1, 0.15) is 26.3 Å². The summed E-state index contributed by atoms with van der Waals surface area (Å²) in [7, 11) is 3.75. The molecule has 2 rings (SSSR count). The Bertz CT molecular complexity index is 667. The zero-order valence-corrected chi connectivity index (χ0v) is 13.0. The number of rotatable bonds is 3. The van der Waals surface area contributed by atoms with Crippen LogP contribution in [0, 0.1) is 6.92 Å². The molecular weight excluding hydrogens is 278 g/mol. The highest BCUT2D eigenvalue weighted by atomic mass is 16.1. The highest BCUT2D eigenvalue weighted by Crippen LogP contribution is 2.29. The Morgan fingerprint density at radius 3 is 1.77 bits per heavy atom. The van der Waals surface area contributed by atoms with Crippen molar-refractivity contribution in [2.75, 3.05) is 14.1 Å². The minimum absolute atomic E-state index is 0.383. The van der Waals surface area contributed by atoms with Crippen LogP contribution < -0.4 is 16.8 Å². The third kappa shape index (κ3) is 3.93. The average Bonchev–Trinajstić information content (AvgIpc) is 2.48. The van der Waals surface area contributed by atoms with Gasteiger partial charge in [0.15, 0.2) is 0 Å². The number of nitrogens with one attached hydrogen (secondary N) is 1. The van der Waals surface area contributed by atoms with Crippen molar-refractivity contribution in [3.8, 4) is 11.1 Å². The van der Waals surface area contributed by atoms with Crippen LogP contribution in [-0.4, -0.2) is 25.9 Å². The fourth-order valence-electron chi connectivity index (χ4n) is 2.16. The van der Waals surface area contributed by atoms with Crippen LogP contribution in [0.4, 0.5) is 0 Å². The smallest absolute Gasteiger partial charge is 0.249 e. The van der Waals surface area contributed by atoms with Gasteiger partial charge >= 0.3 is 0 Å². The Morgan fingerprint density at radius 1 is 0.864 bits per heavy atom. The molecule has 2 aromatic rings. The Balaban J connectivity index is 0.000000745. The molecule has 0 bridgehead atoms. The second-order valence-electron chi connectivity index (χ2n) is 4.76. The van der Waals surface area contributed by atoms with Gasteiger partial charge in [-0.15, -0.1) is 0 Å². The molecule has 22 heavy (non-hydrogen) atoms. The third-order valence-electron chi connectivity index (χ3n) is 3.06.